The molecular weight excluding hydrogens is 384 g/mol. The lowest BCUT2D eigenvalue weighted by molar-refractivity contribution is -0.139. The molecule has 0 spiro atoms. The van der Waals surface area contributed by atoms with E-state index < -0.39 is 22.0 Å². The molecule has 1 atom stereocenters. The van der Waals surface area contributed by atoms with Crippen LogP contribution in [0.2, 0.25) is 0 Å². The van der Waals surface area contributed by atoms with Crippen LogP contribution in [0.3, 0.4) is 0 Å². The van der Waals surface area contributed by atoms with Crippen LogP contribution in [0.15, 0.2) is 53.4 Å². The molecule has 27 heavy (non-hydrogen) atoms. The van der Waals surface area contributed by atoms with Crippen LogP contribution in [0.5, 0.6) is 0 Å². The molecule has 8 heteroatoms. The number of nitrogens with zero attached hydrogens (tertiary/aromatic N) is 1. The Hall–Kier alpha value is -2.03. The fourth-order valence-electron chi connectivity index (χ4n) is 2.50. The monoisotopic (exact) mass is 408 g/mol. The molecular formula is C19H24N2O4S2. The molecule has 0 amide bonds. The third-order valence-electron chi connectivity index (χ3n) is 4.09. The van der Waals surface area contributed by atoms with Crippen LogP contribution >= 0.6 is 11.8 Å². The second-order valence-electron chi connectivity index (χ2n) is 6.26. The first-order valence-corrected chi connectivity index (χ1v) is 11.2. The number of carboxylic acid groups (broad SMARTS) is 1. The highest BCUT2D eigenvalue weighted by Gasteiger charge is 2.25. The van der Waals surface area contributed by atoms with Crippen LogP contribution in [0.1, 0.15) is 6.42 Å². The first-order chi connectivity index (χ1) is 12.7. The van der Waals surface area contributed by atoms with E-state index in [4.69, 9.17) is 0 Å². The highest BCUT2D eigenvalue weighted by Crippen LogP contribution is 2.24. The van der Waals surface area contributed by atoms with Crippen molar-refractivity contribution in [3.05, 3.63) is 48.5 Å². The summed E-state index contributed by atoms with van der Waals surface area (Å²) in [7, 11) is 0.0285. The van der Waals surface area contributed by atoms with Gasteiger partial charge in [0.05, 0.1) is 4.90 Å². The lowest BCUT2D eigenvalue weighted by Crippen LogP contribution is -2.41. The van der Waals surface area contributed by atoms with Crippen LogP contribution in [-0.4, -0.2) is 51.6 Å². The third kappa shape index (κ3) is 5.72. The minimum Gasteiger partial charge on any atom is -0.480 e. The summed E-state index contributed by atoms with van der Waals surface area (Å²) < 4.78 is 27.3. The maximum Gasteiger partial charge on any atom is 0.321 e. The lowest BCUT2D eigenvalue weighted by atomic mass is 10.1. The number of nitrogens with one attached hydrogen (secondary N) is 1. The molecule has 0 aliphatic rings. The maximum atomic E-state index is 12.5. The van der Waals surface area contributed by atoms with Gasteiger partial charge in [0.2, 0.25) is 10.0 Å². The number of sulfonamides is 1. The minimum absolute atomic E-state index is 0.0477. The van der Waals surface area contributed by atoms with Gasteiger partial charge in [-0.15, -0.1) is 0 Å². The first-order valence-electron chi connectivity index (χ1n) is 8.36. The standard InChI is InChI=1S/C19H24N2O4S2/c1-21(2)16-8-4-14(5-9-16)15-6-10-17(11-7-15)27(24,25)20-18(19(22)23)12-13-26-3/h4-11,18,20H,12-13H2,1-3H3,(H,22,23)/t18-/m1/s1. The van der Waals surface area contributed by atoms with Crippen molar-refractivity contribution in [2.45, 2.75) is 17.4 Å². The molecule has 0 saturated carbocycles. The Morgan fingerprint density at radius 1 is 1.07 bits per heavy atom. The summed E-state index contributed by atoms with van der Waals surface area (Å²) in [6.45, 7) is 0. The van der Waals surface area contributed by atoms with Crippen LogP contribution < -0.4 is 9.62 Å². The average Bonchev–Trinajstić information content (AvgIpc) is 2.65. The summed E-state index contributed by atoms with van der Waals surface area (Å²) in [6.07, 6.45) is 2.07. The molecule has 0 aromatic heterocycles. The quantitative estimate of drug-likeness (QED) is 0.663. The van der Waals surface area contributed by atoms with Crippen LogP contribution in [-0.2, 0) is 14.8 Å². The zero-order valence-electron chi connectivity index (χ0n) is 15.5. The summed E-state index contributed by atoms with van der Waals surface area (Å²) in [5.41, 5.74) is 2.93. The van der Waals surface area contributed by atoms with Gasteiger partial charge in [-0.25, -0.2) is 8.42 Å². The Morgan fingerprint density at radius 3 is 2.04 bits per heavy atom. The molecule has 0 aliphatic heterocycles. The largest absolute Gasteiger partial charge is 0.480 e. The van der Waals surface area contributed by atoms with Crippen LogP contribution in [0.25, 0.3) is 11.1 Å². The van der Waals surface area contributed by atoms with Crippen molar-refractivity contribution in [3.63, 3.8) is 0 Å². The maximum absolute atomic E-state index is 12.5. The topological polar surface area (TPSA) is 86.7 Å². The van der Waals surface area contributed by atoms with Gasteiger partial charge in [-0.2, -0.15) is 16.5 Å². The highest BCUT2D eigenvalue weighted by molar-refractivity contribution is 7.98. The van der Waals surface area contributed by atoms with Crippen molar-refractivity contribution in [3.8, 4) is 11.1 Å². The zero-order valence-corrected chi connectivity index (χ0v) is 17.2. The van der Waals surface area contributed by atoms with Gasteiger partial charge in [0.15, 0.2) is 0 Å². The number of thioether (sulfide) groups is 1. The SMILES string of the molecule is CSCC[C@@H](NS(=O)(=O)c1ccc(-c2ccc(N(C)C)cc2)cc1)C(=O)O. The molecule has 2 N–H and O–H groups in total. The van der Waals surface area contributed by atoms with Crippen molar-refractivity contribution >= 4 is 33.4 Å². The summed E-state index contributed by atoms with van der Waals surface area (Å²) in [4.78, 5) is 13.3. The second kappa shape index (κ2) is 9.25. The first kappa shape index (κ1) is 21.3. The number of aliphatic carboxylic acids is 1. The fraction of sp³-hybridized carbons (Fsp3) is 0.316. The fourth-order valence-corrected chi connectivity index (χ4v) is 4.20. The molecule has 6 nitrogen and oxygen atoms in total. The van der Waals surface area contributed by atoms with Gasteiger partial charge >= 0.3 is 5.97 Å². The lowest BCUT2D eigenvalue weighted by Gasteiger charge is -2.15. The third-order valence-corrected chi connectivity index (χ3v) is 6.22. The number of carbonyl (C=O) groups is 1. The van der Waals surface area contributed by atoms with Gasteiger partial charge in [0.25, 0.3) is 0 Å². The minimum atomic E-state index is -3.90. The molecule has 0 saturated heterocycles. The van der Waals surface area contributed by atoms with E-state index in [0.717, 1.165) is 16.8 Å². The second-order valence-corrected chi connectivity index (χ2v) is 8.96. The molecule has 0 bridgehead atoms. The molecule has 146 valence electrons. The van der Waals surface area contributed by atoms with Crippen molar-refractivity contribution in [1.82, 2.24) is 4.72 Å². The zero-order chi connectivity index (χ0) is 20.0. The molecule has 0 heterocycles. The van der Waals surface area contributed by atoms with E-state index in [-0.39, 0.29) is 11.3 Å². The summed E-state index contributed by atoms with van der Waals surface area (Å²) in [6, 6.07) is 13.2. The van der Waals surface area contributed by atoms with Gasteiger partial charge in [-0.1, -0.05) is 24.3 Å². The van der Waals surface area contributed by atoms with Crippen molar-refractivity contribution < 1.29 is 18.3 Å². The van der Waals surface area contributed by atoms with E-state index in [9.17, 15) is 18.3 Å². The summed E-state index contributed by atoms with van der Waals surface area (Å²) in [5, 5.41) is 9.22. The van der Waals surface area contributed by atoms with E-state index in [0.29, 0.717) is 5.75 Å². The molecule has 0 unspecified atom stereocenters. The van der Waals surface area contributed by atoms with Crippen molar-refractivity contribution in [2.75, 3.05) is 31.0 Å². The molecule has 0 radical (unpaired) electrons. The van der Waals surface area contributed by atoms with Gasteiger partial charge in [-0.3, -0.25) is 4.79 Å². The number of benzene rings is 2. The smallest absolute Gasteiger partial charge is 0.321 e. The summed E-state index contributed by atoms with van der Waals surface area (Å²) in [5.74, 6) is -0.619. The number of rotatable bonds is 9. The van der Waals surface area contributed by atoms with E-state index in [2.05, 4.69) is 4.72 Å². The van der Waals surface area contributed by atoms with Gasteiger partial charge < -0.3 is 10.0 Å². The number of carboxylic acids is 1. The summed E-state index contributed by atoms with van der Waals surface area (Å²) >= 11 is 1.47. The molecule has 2 rings (SSSR count). The van der Waals surface area contributed by atoms with Gasteiger partial charge in [-0.05, 0) is 53.8 Å². The molecule has 2 aromatic rings. The van der Waals surface area contributed by atoms with Gasteiger partial charge in [0, 0.05) is 19.8 Å². The number of hydrogen-bond acceptors (Lipinski definition) is 5. The van der Waals surface area contributed by atoms with E-state index >= 15 is 0 Å². The molecule has 2 aromatic carbocycles. The predicted octanol–water partition coefficient (Wildman–Crippen LogP) is 2.90. The Balaban J connectivity index is 2.18. The van der Waals surface area contributed by atoms with Crippen molar-refractivity contribution in [1.29, 1.82) is 0 Å². The Bertz CT molecular complexity index is 864. The van der Waals surface area contributed by atoms with Crippen LogP contribution in [0.4, 0.5) is 5.69 Å². The van der Waals surface area contributed by atoms with Crippen molar-refractivity contribution in [2.24, 2.45) is 0 Å². The highest BCUT2D eigenvalue weighted by atomic mass is 32.2. The van der Waals surface area contributed by atoms with Gasteiger partial charge in [0.1, 0.15) is 6.04 Å². The molecule has 0 aliphatic carbocycles. The predicted molar refractivity (Wildman–Crippen MR) is 111 cm³/mol. The van der Waals surface area contributed by atoms with E-state index in [1.165, 1.54) is 23.9 Å². The number of anilines is 1. The normalized spacial score (nSPS) is 12.6. The van der Waals surface area contributed by atoms with Crippen LogP contribution in [0, 0.1) is 0 Å². The van der Waals surface area contributed by atoms with E-state index in [1.54, 1.807) is 12.1 Å². The average molecular weight is 409 g/mol. The Labute approximate surface area is 164 Å². The Morgan fingerprint density at radius 2 is 1.59 bits per heavy atom. The van der Waals surface area contributed by atoms with E-state index in [1.807, 2.05) is 49.5 Å². The number of hydrogen-bond donors (Lipinski definition) is 2. The molecule has 0 fully saturated rings. The Kier molecular flexibility index (Phi) is 7.29.